The number of rotatable bonds is 6. The summed E-state index contributed by atoms with van der Waals surface area (Å²) < 4.78 is 0. The number of benzene rings is 1. The molecule has 1 atom stereocenters. The van der Waals surface area contributed by atoms with Crippen molar-refractivity contribution in [2.45, 2.75) is 26.4 Å². The maximum atomic E-state index is 12.0. The first kappa shape index (κ1) is 17.7. The molecule has 0 bridgehead atoms. The molecular weight excluding hydrogens is 308 g/mol. The molecule has 118 valence electrons. The quantitative estimate of drug-likeness (QED) is 0.420. The van der Waals surface area contributed by atoms with Crippen molar-refractivity contribution < 1.29 is 19.5 Å². The molecular formula is C15H17ClN2O4. The lowest BCUT2D eigenvalue weighted by Crippen LogP contribution is -2.42. The van der Waals surface area contributed by atoms with E-state index in [2.05, 4.69) is 10.6 Å². The van der Waals surface area contributed by atoms with Crippen LogP contribution in [0.3, 0.4) is 0 Å². The molecule has 22 heavy (non-hydrogen) atoms. The Morgan fingerprint density at radius 2 is 1.82 bits per heavy atom. The molecule has 0 fully saturated rings. The Balaban J connectivity index is 2.63. The van der Waals surface area contributed by atoms with Gasteiger partial charge in [-0.15, -0.1) is 0 Å². The summed E-state index contributed by atoms with van der Waals surface area (Å²) in [5.74, 6) is -2.48. The minimum Gasteiger partial charge on any atom is -0.480 e. The molecule has 0 aliphatic heterocycles. The third kappa shape index (κ3) is 5.21. The lowest BCUT2D eigenvalue weighted by Gasteiger charge is -2.12. The van der Waals surface area contributed by atoms with Crippen LogP contribution in [0.1, 0.15) is 19.4 Å². The van der Waals surface area contributed by atoms with Crippen LogP contribution in [0.5, 0.6) is 0 Å². The third-order valence-electron chi connectivity index (χ3n) is 2.86. The minimum atomic E-state index is -1.18. The zero-order chi connectivity index (χ0) is 16.7. The number of halogens is 1. The van der Waals surface area contributed by atoms with E-state index in [4.69, 9.17) is 16.7 Å². The van der Waals surface area contributed by atoms with Crippen molar-refractivity contribution >= 4 is 29.4 Å². The second kappa shape index (κ2) is 8.19. The van der Waals surface area contributed by atoms with E-state index >= 15 is 0 Å². The average molecular weight is 325 g/mol. The van der Waals surface area contributed by atoms with Gasteiger partial charge < -0.3 is 15.7 Å². The van der Waals surface area contributed by atoms with Crippen molar-refractivity contribution in [3.05, 3.63) is 46.5 Å². The Labute approximate surface area is 133 Å². The summed E-state index contributed by atoms with van der Waals surface area (Å²) in [7, 11) is 0. The van der Waals surface area contributed by atoms with Crippen LogP contribution in [0.2, 0.25) is 5.02 Å². The molecule has 2 amide bonds. The van der Waals surface area contributed by atoms with Gasteiger partial charge in [0.2, 0.25) is 0 Å². The van der Waals surface area contributed by atoms with Crippen molar-refractivity contribution in [2.75, 3.05) is 0 Å². The van der Waals surface area contributed by atoms with Gasteiger partial charge in [0, 0.05) is 11.6 Å². The maximum absolute atomic E-state index is 12.0. The van der Waals surface area contributed by atoms with Gasteiger partial charge in [0.1, 0.15) is 6.04 Å². The van der Waals surface area contributed by atoms with Crippen LogP contribution in [0.4, 0.5) is 0 Å². The van der Waals surface area contributed by atoms with Crippen LogP contribution in [0.25, 0.3) is 0 Å². The zero-order valence-corrected chi connectivity index (χ0v) is 13.0. The van der Waals surface area contributed by atoms with Gasteiger partial charge in [-0.2, -0.15) is 0 Å². The van der Waals surface area contributed by atoms with Gasteiger partial charge in [-0.3, -0.25) is 14.4 Å². The van der Waals surface area contributed by atoms with Crippen LogP contribution in [0.15, 0.2) is 35.9 Å². The first-order valence-electron chi connectivity index (χ1n) is 6.57. The third-order valence-corrected chi connectivity index (χ3v) is 3.11. The highest BCUT2D eigenvalue weighted by atomic mass is 35.5. The van der Waals surface area contributed by atoms with Crippen molar-refractivity contribution in [1.82, 2.24) is 10.6 Å². The normalized spacial score (nSPS) is 12.4. The summed E-state index contributed by atoms with van der Waals surface area (Å²) in [4.78, 5) is 34.6. The van der Waals surface area contributed by atoms with Gasteiger partial charge in [-0.05, 0) is 31.5 Å². The van der Waals surface area contributed by atoms with Crippen LogP contribution in [-0.2, 0) is 20.9 Å². The number of nitrogens with one attached hydrogen (secondary N) is 2. The molecule has 0 aliphatic carbocycles. The van der Waals surface area contributed by atoms with Gasteiger partial charge in [0.05, 0.1) is 5.57 Å². The number of carboxylic acids is 1. The molecule has 0 unspecified atom stereocenters. The SMILES string of the molecule is C/C=C(\C(=O)NCc1ccc(Cl)cc1)C(=O)N[C@H](C)C(=O)O. The molecule has 0 radical (unpaired) electrons. The van der Waals surface area contributed by atoms with Crippen molar-refractivity contribution in [2.24, 2.45) is 0 Å². The van der Waals surface area contributed by atoms with E-state index in [9.17, 15) is 14.4 Å². The van der Waals surface area contributed by atoms with E-state index in [1.165, 1.54) is 19.9 Å². The Morgan fingerprint density at radius 3 is 2.32 bits per heavy atom. The number of carbonyl (C=O) groups is 3. The molecule has 0 aromatic heterocycles. The van der Waals surface area contributed by atoms with E-state index in [0.717, 1.165) is 5.56 Å². The van der Waals surface area contributed by atoms with Gasteiger partial charge in [0.15, 0.2) is 0 Å². The molecule has 0 heterocycles. The summed E-state index contributed by atoms with van der Waals surface area (Å²) >= 11 is 5.77. The van der Waals surface area contributed by atoms with Crippen LogP contribution < -0.4 is 10.6 Å². The molecule has 0 aliphatic rings. The average Bonchev–Trinajstić information content (AvgIpc) is 2.47. The summed E-state index contributed by atoms with van der Waals surface area (Å²) in [6.07, 6.45) is 1.33. The molecule has 1 rings (SSSR count). The van der Waals surface area contributed by atoms with Crippen LogP contribution >= 0.6 is 11.6 Å². The Kier molecular flexibility index (Phi) is 6.59. The van der Waals surface area contributed by atoms with Gasteiger partial charge in [-0.25, -0.2) is 0 Å². The molecule has 1 aromatic carbocycles. The van der Waals surface area contributed by atoms with Gasteiger partial charge in [0.25, 0.3) is 11.8 Å². The summed E-state index contributed by atoms with van der Waals surface area (Å²) in [6.45, 7) is 3.08. The predicted molar refractivity (Wildman–Crippen MR) is 82.3 cm³/mol. The molecule has 0 saturated carbocycles. The first-order valence-corrected chi connectivity index (χ1v) is 6.95. The fourth-order valence-corrected chi connectivity index (χ4v) is 1.71. The first-order chi connectivity index (χ1) is 10.3. The number of aliphatic carboxylic acids is 1. The summed E-state index contributed by atoms with van der Waals surface area (Å²) in [5, 5.41) is 14.2. The predicted octanol–water partition coefficient (Wildman–Crippen LogP) is 1.49. The van der Waals surface area contributed by atoms with E-state index in [0.29, 0.717) is 5.02 Å². The van der Waals surface area contributed by atoms with E-state index < -0.39 is 23.8 Å². The number of hydrogen-bond donors (Lipinski definition) is 3. The highest BCUT2D eigenvalue weighted by molar-refractivity contribution is 6.30. The van der Waals surface area contributed by atoms with Crippen molar-refractivity contribution in [3.63, 3.8) is 0 Å². The molecule has 3 N–H and O–H groups in total. The van der Waals surface area contributed by atoms with E-state index in [-0.39, 0.29) is 12.1 Å². The van der Waals surface area contributed by atoms with Crippen LogP contribution in [-0.4, -0.2) is 28.9 Å². The number of hydrogen-bond acceptors (Lipinski definition) is 3. The Morgan fingerprint density at radius 1 is 1.23 bits per heavy atom. The van der Waals surface area contributed by atoms with Gasteiger partial charge >= 0.3 is 5.97 Å². The monoisotopic (exact) mass is 324 g/mol. The maximum Gasteiger partial charge on any atom is 0.325 e. The topological polar surface area (TPSA) is 95.5 Å². The van der Waals surface area contributed by atoms with Crippen molar-refractivity contribution in [1.29, 1.82) is 0 Å². The number of carbonyl (C=O) groups excluding carboxylic acids is 2. The molecule has 6 nitrogen and oxygen atoms in total. The van der Waals surface area contributed by atoms with E-state index in [1.807, 2.05) is 0 Å². The number of amides is 2. The second-order valence-corrected chi connectivity index (χ2v) is 4.98. The molecule has 1 aromatic rings. The second-order valence-electron chi connectivity index (χ2n) is 4.54. The molecule has 7 heteroatoms. The molecule has 0 saturated heterocycles. The smallest absolute Gasteiger partial charge is 0.325 e. The zero-order valence-electron chi connectivity index (χ0n) is 12.2. The van der Waals surface area contributed by atoms with E-state index in [1.54, 1.807) is 24.3 Å². The van der Waals surface area contributed by atoms with Crippen molar-refractivity contribution in [3.8, 4) is 0 Å². The van der Waals surface area contributed by atoms with Crippen LogP contribution in [0, 0.1) is 0 Å². The minimum absolute atomic E-state index is 0.137. The Bertz CT molecular complexity index is 596. The fraction of sp³-hybridized carbons (Fsp3) is 0.267. The highest BCUT2D eigenvalue weighted by Crippen LogP contribution is 2.09. The Hall–Kier alpha value is -2.34. The highest BCUT2D eigenvalue weighted by Gasteiger charge is 2.21. The summed E-state index contributed by atoms with van der Waals surface area (Å²) in [6, 6.07) is 5.82. The van der Waals surface area contributed by atoms with Gasteiger partial charge in [-0.1, -0.05) is 29.8 Å². The standard InChI is InChI=1S/C15H17ClN2O4/c1-3-12(14(20)18-9(2)15(21)22)13(19)17-8-10-4-6-11(16)7-5-10/h3-7,9H,8H2,1-2H3,(H,17,19)(H,18,20)(H,21,22)/b12-3+/t9-/m1/s1. The lowest BCUT2D eigenvalue weighted by molar-refractivity contribution is -0.141. The number of allylic oxidation sites excluding steroid dienone is 1. The largest absolute Gasteiger partial charge is 0.480 e. The molecule has 0 spiro atoms. The summed E-state index contributed by atoms with van der Waals surface area (Å²) in [5.41, 5.74) is 0.689. The lowest BCUT2D eigenvalue weighted by atomic mass is 10.2. The fourth-order valence-electron chi connectivity index (χ4n) is 1.58. The number of carboxylic acid groups (broad SMARTS) is 1.